The van der Waals surface area contributed by atoms with Crippen molar-refractivity contribution in [3.05, 3.63) is 35.9 Å². The quantitative estimate of drug-likeness (QED) is 0.608. The maximum atomic E-state index is 9.50. The second-order valence-electron chi connectivity index (χ2n) is 5.64. The predicted molar refractivity (Wildman–Crippen MR) is 90.2 cm³/mol. The molecule has 2 N–H and O–H groups in total. The van der Waals surface area contributed by atoms with E-state index in [1.54, 1.807) is 0 Å². The van der Waals surface area contributed by atoms with Crippen molar-refractivity contribution in [3.8, 4) is 0 Å². The van der Waals surface area contributed by atoms with Crippen LogP contribution in [0.25, 0.3) is 0 Å². The van der Waals surface area contributed by atoms with Crippen molar-refractivity contribution in [3.63, 3.8) is 0 Å². The van der Waals surface area contributed by atoms with Crippen LogP contribution in [-0.2, 0) is 5.75 Å². The first-order chi connectivity index (χ1) is 9.70. The van der Waals surface area contributed by atoms with E-state index in [9.17, 15) is 5.11 Å². The summed E-state index contributed by atoms with van der Waals surface area (Å²) < 4.78 is 0. The molecule has 0 fully saturated rings. The summed E-state index contributed by atoms with van der Waals surface area (Å²) in [5, 5.41) is 13.0. The average Bonchev–Trinajstić information content (AvgIpc) is 2.50. The van der Waals surface area contributed by atoms with Gasteiger partial charge in [-0.25, -0.2) is 0 Å². The third-order valence-corrected chi connectivity index (χ3v) is 4.64. The number of aliphatic hydroxyl groups is 1. The van der Waals surface area contributed by atoms with E-state index >= 15 is 0 Å². The monoisotopic (exact) mass is 295 g/mol. The lowest BCUT2D eigenvalue weighted by Gasteiger charge is -2.28. The molecule has 0 aliphatic rings. The maximum Gasteiger partial charge on any atom is 0.0610 e. The summed E-state index contributed by atoms with van der Waals surface area (Å²) in [7, 11) is 0. The number of hydrogen-bond donors (Lipinski definition) is 2. The van der Waals surface area contributed by atoms with Gasteiger partial charge in [0.05, 0.1) is 6.61 Å². The van der Waals surface area contributed by atoms with Gasteiger partial charge in [-0.2, -0.15) is 11.8 Å². The topological polar surface area (TPSA) is 32.3 Å². The molecule has 2 nitrogen and oxygen atoms in total. The van der Waals surface area contributed by atoms with Crippen LogP contribution >= 0.6 is 11.8 Å². The van der Waals surface area contributed by atoms with Gasteiger partial charge in [0.15, 0.2) is 0 Å². The average molecular weight is 295 g/mol. The Hall–Kier alpha value is -0.510. The van der Waals surface area contributed by atoms with E-state index in [2.05, 4.69) is 49.5 Å². The van der Waals surface area contributed by atoms with Crippen LogP contribution < -0.4 is 5.32 Å². The highest BCUT2D eigenvalue weighted by molar-refractivity contribution is 7.98. The minimum atomic E-state index is -0.0971. The molecule has 0 aromatic heterocycles. The minimum Gasteiger partial charge on any atom is -0.394 e. The Labute approximate surface area is 128 Å². The van der Waals surface area contributed by atoms with Crippen LogP contribution in [0, 0.1) is 0 Å². The molecule has 0 amide bonds. The van der Waals surface area contributed by atoms with E-state index in [0.717, 1.165) is 25.1 Å². The Morgan fingerprint density at radius 3 is 2.60 bits per heavy atom. The molecule has 1 aromatic carbocycles. The van der Waals surface area contributed by atoms with Crippen LogP contribution in [0.1, 0.15) is 45.1 Å². The Bertz CT molecular complexity index is 344. The molecule has 20 heavy (non-hydrogen) atoms. The van der Waals surface area contributed by atoms with Gasteiger partial charge in [-0.1, -0.05) is 43.7 Å². The smallest absolute Gasteiger partial charge is 0.0610 e. The summed E-state index contributed by atoms with van der Waals surface area (Å²) in [6, 6.07) is 10.6. The van der Waals surface area contributed by atoms with Gasteiger partial charge in [-0.05, 0) is 44.0 Å². The fourth-order valence-corrected chi connectivity index (χ4v) is 3.11. The number of nitrogens with one attached hydrogen (secondary N) is 1. The maximum absolute atomic E-state index is 9.50. The summed E-state index contributed by atoms with van der Waals surface area (Å²) in [5.41, 5.74) is 1.31. The van der Waals surface area contributed by atoms with Crippen LogP contribution in [0.5, 0.6) is 0 Å². The normalized spacial score (nSPS) is 14.2. The molecule has 0 radical (unpaired) electrons. The van der Waals surface area contributed by atoms with Crippen molar-refractivity contribution in [1.82, 2.24) is 5.32 Å². The van der Waals surface area contributed by atoms with Gasteiger partial charge in [-0.15, -0.1) is 0 Å². The van der Waals surface area contributed by atoms with Gasteiger partial charge in [0.2, 0.25) is 0 Å². The highest BCUT2D eigenvalue weighted by Crippen LogP contribution is 2.17. The van der Waals surface area contributed by atoms with E-state index in [0.29, 0.717) is 0 Å². The molecular weight excluding hydrogens is 266 g/mol. The van der Waals surface area contributed by atoms with Crippen molar-refractivity contribution >= 4 is 11.8 Å². The molecule has 1 unspecified atom stereocenters. The highest BCUT2D eigenvalue weighted by Gasteiger charge is 2.21. The zero-order chi connectivity index (χ0) is 14.7. The molecule has 0 saturated heterocycles. The number of unbranched alkanes of at least 4 members (excludes halogenated alkanes) is 1. The van der Waals surface area contributed by atoms with Crippen molar-refractivity contribution in [1.29, 1.82) is 0 Å². The van der Waals surface area contributed by atoms with Crippen molar-refractivity contribution in [2.24, 2.45) is 0 Å². The van der Waals surface area contributed by atoms with Crippen LogP contribution in [0.2, 0.25) is 0 Å². The SMILES string of the molecule is CCCNC(C)(CO)CCCCSCc1ccccc1. The van der Waals surface area contributed by atoms with E-state index in [-0.39, 0.29) is 12.1 Å². The van der Waals surface area contributed by atoms with Gasteiger partial charge in [-0.3, -0.25) is 0 Å². The second kappa shape index (κ2) is 10.3. The molecule has 0 bridgehead atoms. The molecule has 1 rings (SSSR count). The first-order valence-electron chi connectivity index (χ1n) is 7.68. The molecule has 0 saturated carbocycles. The number of rotatable bonds is 11. The van der Waals surface area contributed by atoms with Crippen LogP contribution in [0.15, 0.2) is 30.3 Å². The molecule has 1 atom stereocenters. The standard InChI is InChI=1S/C17H29NOS/c1-3-12-18-17(2,15-19)11-7-8-13-20-14-16-9-5-4-6-10-16/h4-6,9-10,18-19H,3,7-8,11-15H2,1-2H3. The Morgan fingerprint density at radius 1 is 1.20 bits per heavy atom. The summed E-state index contributed by atoms with van der Waals surface area (Å²) in [6.45, 7) is 5.49. The zero-order valence-electron chi connectivity index (χ0n) is 12.9. The van der Waals surface area contributed by atoms with Gasteiger partial charge in [0.1, 0.15) is 0 Å². The number of thioether (sulfide) groups is 1. The highest BCUT2D eigenvalue weighted by atomic mass is 32.2. The molecule has 0 aliphatic heterocycles. The van der Waals surface area contributed by atoms with Gasteiger partial charge in [0, 0.05) is 11.3 Å². The van der Waals surface area contributed by atoms with Crippen LogP contribution in [0.3, 0.4) is 0 Å². The van der Waals surface area contributed by atoms with E-state index in [1.807, 2.05) is 11.8 Å². The first-order valence-corrected chi connectivity index (χ1v) is 8.83. The van der Waals surface area contributed by atoms with E-state index < -0.39 is 0 Å². The summed E-state index contributed by atoms with van der Waals surface area (Å²) in [5.74, 6) is 2.30. The lowest BCUT2D eigenvalue weighted by atomic mass is 9.96. The summed E-state index contributed by atoms with van der Waals surface area (Å²) >= 11 is 2.00. The van der Waals surface area contributed by atoms with Gasteiger partial charge in [0.25, 0.3) is 0 Å². The summed E-state index contributed by atoms with van der Waals surface area (Å²) in [6.07, 6.45) is 4.56. The van der Waals surface area contributed by atoms with Crippen LogP contribution in [-0.4, -0.2) is 29.5 Å². The first kappa shape index (κ1) is 17.5. The number of benzene rings is 1. The number of hydrogen-bond acceptors (Lipinski definition) is 3. The number of aliphatic hydroxyl groups excluding tert-OH is 1. The molecular formula is C17H29NOS. The molecule has 114 valence electrons. The van der Waals surface area contributed by atoms with E-state index in [1.165, 1.54) is 24.2 Å². The Balaban J connectivity index is 2.08. The van der Waals surface area contributed by atoms with Crippen LogP contribution in [0.4, 0.5) is 0 Å². The second-order valence-corrected chi connectivity index (χ2v) is 6.75. The van der Waals surface area contributed by atoms with Crippen molar-refractivity contribution in [2.45, 2.75) is 50.8 Å². The lowest BCUT2D eigenvalue weighted by Crippen LogP contribution is -2.46. The third-order valence-electron chi connectivity index (χ3n) is 3.53. The molecule has 1 aromatic rings. The van der Waals surface area contributed by atoms with Gasteiger partial charge < -0.3 is 10.4 Å². The molecule has 3 heteroatoms. The zero-order valence-corrected chi connectivity index (χ0v) is 13.7. The van der Waals surface area contributed by atoms with Crippen molar-refractivity contribution in [2.75, 3.05) is 18.9 Å². The minimum absolute atomic E-state index is 0.0971. The fourth-order valence-electron chi connectivity index (χ4n) is 2.13. The lowest BCUT2D eigenvalue weighted by molar-refractivity contribution is 0.163. The van der Waals surface area contributed by atoms with Crippen molar-refractivity contribution < 1.29 is 5.11 Å². The largest absolute Gasteiger partial charge is 0.394 e. The molecule has 0 heterocycles. The Kier molecular flexibility index (Phi) is 8.99. The predicted octanol–water partition coefficient (Wildman–Crippen LogP) is 3.84. The third kappa shape index (κ3) is 7.32. The fraction of sp³-hybridized carbons (Fsp3) is 0.647. The molecule has 0 aliphatic carbocycles. The Morgan fingerprint density at radius 2 is 1.95 bits per heavy atom. The van der Waals surface area contributed by atoms with E-state index in [4.69, 9.17) is 0 Å². The van der Waals surface area contributed by atoms with Gasteiger partial charge >= 0.3 is 0 Å². The molecule has 0 spiro atoms. The summed E-state index contributed by atoms with van der Waals surface area (Å²) in [4.78, 5) is 0.